The largest absolute Gasteiger partial charge is 0.307 e. The number of likely N-dealkylation sites (N-methyl/N-ethyl adjacent to an activating group) is 1. The lowest BCUT2D eigenvalue weighted by molar-refractivity contribution is -0.124. The number of hydrogen-bond donors (Lipinski definition) is 0. The first kappa shape index (κ1) is 19.7. The van der Waals surface area contributed by atoms with Crippen LogP contribution in [0.15, 0.2) is 59.7 Å². The van der Waals surface area contributed by atoms with Gasteiger partial charge >= 0.3 is 0 Å². The first-order valence-corrected chi connectivity index (χ1v) is 10.4. The number of nitrogens with zero attached hydrogens (tertiary/aromatic N) is 2. The second-order valence-electron chi connectivity index (χ2n) is 6.97. The summed E-state index contributed by atoms with van der Waals surface area (Å²) in [6.07, 6.45) is 0.783. The van der Waals surface area contributed by atoms with Crippen LogP contribution in [0.5, 0.6) is 0 Å². The highest BCUT2D eigenvalue weighted by molar-refractivity contribution is 6.32. The first-order valence-electron chi connectivity index (χ1n) is 9.62. The Morgan fingerprint density at radius 1 is 0.690 bits per heavy atom. The van der Waals surface area contributed by atoms with Crippen molar-refractivity contribution in [3.05, 3.63) is 80.8 Å². The molecule has 0 fully saturated rings. The van der Waals surface area contributed by atoms with Crippen molar-refractivity contribution in [2.75, 3.05) is 13.1 Å². The van der Waals surface area contributed by atoms with Crippen LogP contribution in [0.3, 0.4) is 0 Å². The van der Waals surface area contributed by atoms with E-state index in [1.165, 1.54) is 0 Å². The molecule has 2 aliphatic heterocycles. The van der Waals surface area contributed by atoms with Crippen LogP contribution in [-0.4, -0.2) is 34.7 Å². The Morgan fingerprint density at radius 2 is 1.10 bits per heavy atom. The van der Waals surface area contributed by atoms with Gasteiger partial charge in [0.1, 0.15) is 0 Å². The van der Waals surface area contributed by atoms with Crippen molar-refractivity contribution in [1.82, 2.24) is 9.80 Å². The fourth-order valence-electron chi connectivity index (χ4n) is 3.95. The number of benzene rings is 2. The average Bonchev–Trinajstić information content (AvgIpc) is 3.16. The number of fused-ring (bicyclic) bond motifs is 1. The predicted molar refractivity (Wildman–Crippen MR) is 116 cm³/mol. The van der Waals surface area contributed by atoms with Crippen LogP contribution in [0.4, 0.5) is 0 Å². The Balaban J connectivity index is 1.99. The Bertz CT molecular complexity index is 1050. The number of rotatable bonds is 5. The molecular weight excluding hydrogens is 407 g/mol. The molecule has 0 bridgehead atoms. The minimum Gasteiger partial charge on any atom is -0.307 e. The fourth-order valence-corrected chi connectivity index (χ4v) is 4.20. The van der Waals surface area contributed by atoms with Crippen molar-refractivity contribution in [3.8, 4) is 0 Å². The molecule has 148 valence electrons. The van der Waals surface area contributed by atoms with Crippen molar-refractivity contribution in [2.45, 2.75) is 20.3 Å². The van der Waals surface area contributed by atoms with Crippen molar-refractivity contribution < 1.29 is 9.59 Å². The molecule has 6 heteroatoms. The van der Waals surface area contributed by atoms with Gasteiger partial charge in [0, 0.05) is 23.1 Å². The van der Waals surface area contributed by atoms with Gasteiger partial charge in [0.15, 0.2) is 0 Å². The highest BCUT2D eigenvalue weighted by atomic mass is 35.5. The molecule has 29 heavy (non-hydrogen) atoms. The van der Waals surface area contributed by atoms with Crippen molar-refractivity contribution >= 4 is 46.4 Å². The minimum absolute atomic E-state index is 0.138. The SMILES string of the molecule is CCCN1C(=O)C2=C(c3ccc(Cl)cc3)N(CC)C(=O)C2=C1c1ccc(Cl)cc1. The first-order chi connectivity index (χ1) is 14.0. The van der Waals surface area contributed by atoms with Crippen LogP contribution in [0.1, 0.15) is 31.4 Å². The monoisotopic (exact) mass is 426 g/mol. The fraction of sp³-hybridized carbons (Fsp3) is 0.217. The van der Waals surface area contributed by atoms with E-state index in [1.807, 2.05) is 38.1 Å². The molecule has 0 saturated carbocycles. The molecule has 0 saturated heterocycles. The van der Waals surface area contributed by atoms with Gasteiger partial charge in [-0.2, -0.15) is 0 Å². The molecule has 0 N–H and O–H groups in total. The maximum Gasteiger partial charge on any atom is 0.261 e. The molecule has 2 amide bonds. The highest BCUT2D eigenvalue weighted by Gasteiger charge is 2.48. The lowest BCUT2D eigenvalue weighted by Crippen LogP contribution is -2.30. The van der Waals surface area contributed by atoms with Crippen LogP contribution in [-0.2, 0) is 9.59 Å². The normalized spacial score (nSPS) is 16.4. The van der Waals surface area contributed by atoms with E-state index in [2.05, 4.69) is 0 Å². The lowest BCUT2D eigenvalue weighted by atomic mass is 10.0. The Morgan fingerprint density at radius 3 is 1.52 bits per heavy atom. The van der Waals surface area contributed by atoms with E-state index >= 15 is 0 Å². The van der Waals surface area contributed by atoms with E-state index in [9.17, 15) is 9.59 Å². The van der Waals surface area contributed by atoms with E-state index < -0.39 is 0 Å². The minimum atomic E-state index is -0.149. The summed E-state index contributed by atoms with van der Waals surface area (Å²) in [4.78, 5) is 30.3. The summed E-state index contributed by atoms with van der Waals surface area (Å²) in [5.74, 6) is -0.287. The van der Waals surface area contributed by atoms with Gasteiger partial charge in [-0.1, -0.05) is 54.4 Å². The molecule has 2 heterocycles. The molecule has 2 aromatic carbocycles. The standard InChI is InChI=1S/C23H20Cl2N2O2/c1-3-13-27-21(15-7-11-17(25)12-8-15)19-18(23(27)29)20(26(4-2)22(19)28)14-5-9-16(24)10-6-14/h5-12H,3-4,13H2,1-2H3. The molecule has 0 atom stereocenters. The maximum absolute atomic E-state index is 13.5. The zero-order chi connectivity index (χ0) is 20.7. The summed E-state index contributed by atoms with van der Waals surface area (Å²) in [6.45, 7) is 4.93. The van der Waals surface area contributed by atoms with Crippen LogP contribution in [0.2, 0.25) is 10.0 Å². The van der Waals surface area contributed by atoms with Gasteiger partial charge in [-0.15, -0.1) is 0 Å². The van der Waals surface area contributed by atoms with Gasteiger partial charge in [-0.25, -0.2) is 0 Å². The molecule has 0 aliphatic carbocycles. The number of hydrogen-bond acceptors (Lipinski definition) is 2. The van der Waals surface area contributed by atoms with Gasteiger partial charge < -0.3 is 9.80 Å². The second-order valence-corrected chi connectivity index (χ2v) is 7.84. The van der Waals surface area contributed by atoms with Crippen LogP contribution < -0.4 is 0 Å². The molecule has 2 aliphatic rings. The summed E-state index contributed by atoms with van der Waals surface area (Å²) >= 11 is 12.1. The summed E-state index contributed by atoms with van der Waals surface area (Å²) < 4.78 is 0. The summed E-state index contributed by atoms with van der Waals surface area (Å²) in [7, 11) is 0. The molecule has 2 aromatic rings. The summed E-state index contributed by atoms with van der Waals surface area (Å²) in [5, 5.41) is 1.21. The molecule has 4 rings (SSSR count). The number of carbonyl (C=O) groups excluding carboxylic acids is 2. The zero-order valence-corrected chi connectivity index (χ0v) is 17.7. The van der Waals surface area contributed by atoms with Gasteiger partial charge in [0.05, 0.1) is 22.5 Å². The van der Waals surface area contributed by atoms with Crippen molar-refractivity contribution in [3.63, 3.8) is 0 Å². The molecule has 0 spiro atoms. The molecule has 0 aromatic heterocycles. The maximum atomic E-state index is 13.5. The summed E-state index contributed by atoms with van der Waals surface area (Å²) in [5.41, 5.74) is 3.87. The Hall–Kier alpha value is -2.56. The van der Waals surface area contributed by atoms with E-state index in [-0.39, 0.29) is 11.8 Å². The topological polar surface area (TPSA) is 40.6 Å². The van der Waals surface area contributed by atoms with E-state index in [0.29, 0.717) is 45.7 Å². The second kappa shape index (κ2) is 7.69. The van der Waals surface area contributed by atoms with Crippen LogP contribution >= 0.6 is 23.2 Å². The zero-order valence-electron chi connectivity index (χ0n) is 16.2. The van der Waals surface area contributed by atoms with Gasteiger partial charge in [0.2, 0.25) is 0 Å². The Labute approximate surface area is 180 Å². The van der Waals surface area contributed by atoms with E-state index in [1.54, 1.807) is 34.1 Å². The molecular formula is C23H20Cl2N2O2. The van der Waals surface area contributed by atoms with Gasteiger partial charge in [0.25, 0.3) is 11.8 Å². The highest BCUT2D eigenvalue weighted by Crippen LogP contribution is 2.46. The average molecular weight is 427 g/mol. The van der Waals surface area contributed by atoms with E-state index in [4.69, 9.17) is 23.2 Å². The number of amides is 2. The third-order valence-corrected chi connectivity index (χ3v) is 5.68. The Kier molecular flexibility index (Phi) is 5.24. The van der Waals surface area contributed by atoms with Gasteiger partial charge in [-0.3, -0.25) is 9.59 Å². The number of halogens is 2. The van der Waals surface area contributed by atoms with Crippen molar-refractivity contribution in [2.24, 2.45) is 0 Å². The van der Waals surface area contributed by atoms with Crippen LogP contribution in [0, 0.1) is 0 Å². The molecule has 4 nitrogen and oxygen atoms in total. The predicted octanol–water partition coefficient (Wildman–Crippen LogP) is 5.23. The third kappa shape index (κ3) is 3.17. The van der Waals surface area contributed by atoms with E-state index in [0.717, 1.165) is 17.5 Å². The quantitative estimate of drug-likeness (QED) is 0.656. The molecule has 0 radical (unpaired) electrons. The van der Waals surface area contributed by atoms with Crippen LogP contribution in [0.25, 0.3) is 11.4 Å². The number of carbonyl (C=O) groups is 2. The van der Waals surface area contributed by atoms with Gasteiger partial charge in [-0.05, 0) is 48.7 Å². The molecule has 0 unspecified atom stereocenters. The van der Waals surface area contributed by atoms with Crippen molar-refractivity contribution in [1.29, 1.82) is 0 Å². The lowest BCUT2D eigenvalue weighted by Gasteiger charge is -2.24. The smallest absolute Gasteiger partial charge is 0.261 e. The summed E-state index contributed by atoms with van der Waals surface area (Å²) in [6, 6.07) is 14.5. The third-order valence-electron chi connectivity index (χ3n) is 5.18.